The zero-order chi connectivity index (χ0) is 17.6. The van der Waals surface area contributed by atoms with Crippen LogP contribution < -0.4 is 4.90 Å². The van der Waals surface area contributed by atoms with Crippen molar-refractivity contribution in [3.05, 3.63) is 28.8 Å². The number of unbranched alkanes of at least 4 members (excludes halogenated alkanes) is 4. The Morgan fingerprint density at radius 1 is 1.33 bits per heavy atom. The highest BCUT2D eigenvalue weighted by atomic mass is 35.5. The van der Waals surface area contributed by atoms with Crippen molar-refractivity contribution in [3.8, 4) is 6.07 Å². The molecule has 0 aromatic heterocycles. The molecule has 1 aromatic carbocycles. The van der Waals surface area contributed by atoms with Gasteiger partial charge in [-0.05, 0) is 25.0 Å². The topological polar surface area (TPSA) is 44.1 Å². The van der Waals surface area contributed by atoms with E-state index in [2.05, 4.69) is 19.9 Å². The number of hydrogen-bond donors (Lipinski definition) is 0. The van der Waals surface area contributed by atoms with Crippen molar-refractivity contribution in [2.75, 3.05) is 11.4 Å². The average Bonchev–Trinajstić information content (AvgIpc) is 2.87. The van der Waals surface area contributed by atoms with Crippen LogP contribution in [0.5, 0.6) is 0 Å². The predicted molar refractivity (Wildman–Crippen MR) is 99.4 cm³/mol. The molecule has 3 nitrogen and oxygen atoms in total. The third kappa shape index (κ3) is 4.11. The molecule has 0 spiro atoms. The van der Waals surface area contributed by atoms with Gasteiger partial charge in [0.1, 0.15) is 0 Å². The van der Waals surface area contributed by atoms with Crippen LogP contribution in [0.1, 0.15) is 70.8 Å². The lowest BCUT2D eigenvalue weighted by Gasteiger charge is -2.25. The SMILES string of the molecule is CCCCCCCC(=O)N1CC(C)(CCC#N)c2c(Cl)cccc21. The fourth-order valence-corrected chi connectivity index (χ4v) is 4.02. The average molecular weight is 347 g/mol. The minimum absolute atomic E-state index is 0.177. The maximum absolute atomic E-state index is 12.7. The minimum Gasteiger partial charge on any atom is -0.311 e. The lowest BCUT2D eigenvalue weighted by Crippen LogP contribution is -2.35. The molecule has 0 aliphatic carbocycles. The molecule has 1 aromatic rings. The highest BCUT2D eigenvalue weighted by molar-refractivity contribution is 6.32. The number of anilines is 1. The van der Waals surface area contributed by atoms with Crippen molar-refractivity contribution in [1.29, 1.82) is 5.26 Å². The normalized spacial score (nSPS) is 19.2. The van der Waals surface area contributed by atoms with Crippen molar-refractivity contribution in [1.82, 2.24) is 0 Å². The zero-order valence-electron chi connectivity index (χ0n) is 14.8. The van der Waals surface area contributed by atoms with E-state index in [9.17, 15) is 4.79 Å². The smallest absolute Gasteiger partial charge is 0.227 e. The molecule has 1 aliphatic rings. The molecular weight excluding hydrogens is 320 g/mol. The van der Waals surface area contributed by atoms with Crippen molar-refractivity contribution in [2.24, 2.45) is 0 Å². The van der Waals surface area contributed by atoms with E-state index in [1.807, 2.05) is 23.1 Å². The quantitative estimate of drug-likeness (QED) is 0.574. The lowest BCUT2D eigenvalue weighted by molar-refractivity contribution is -0.118. The number of fused-ring (bicyclic) bond motifs is 1. The molecule has 0 radical (unpaired) electrons. The Morgan fingerprint density at radius 2 is 2.08 bits per heavy atom. The van der Waals surface area contributed by atoms with Crippen molar-refractivity contribution < 1.29 is 4.79 Å². The van der Waals surface area contributed by atoms with Crippen LogP contribution in [0.2, 0.25) is 5.02 Å². The number of amides is 1. The van der Waals surface area contributed by atoms with Crippen molar-refractivity contribution >= 4 is 23.2 Å². The number of hydrogen-bond acceptors (Lipinski definition) is 2. The first-order valence-electron chi connectivity index (χ1n) is 9.00. The van der Waals surface area contributed by atoms with Gasteiger partial charge in [0.2, 0.25) is 5.91 Å². The number of carbonyl (C=O) groups excluding carboxylic acids is 1. The molecule has 1 atom stereocenters. The fraction of sp³-hybridized carbons (Fsp3) is 0.600. The monoisotopic (exact) mass is 346 g/mol. The van der Waals surface area contributed by atoms with E-state index in [1.165, 1.54) is 19.3 Å². The molecule has 4 heteroatoms. The Hall–Kier alpha value is -1.53. The number of rotatable bonds is 8. The third-order valence-electron chi connectivity index (χ3n) is 4.98. The molecule has 1 aliphatic heterocycles. The van der Waals surface area contributed by atoms with Crippen LogP contribution in [-0.2, 0) is 10.2 Å². The van der Waals surface area contributed by atoms with Gasteiger partial charge < -0.3 is 4.90 Å². The first-order chi connectivity index (χ1) is 11.5. The molecule has 0 saturated heterocycles. The largest absolute Gasteiger partial charge is 0.311 e. The second kappa shape index (κ2) is 8.53. The van der Waals surface area contributed by atoms with Crippen LogP contribution in [0.15, 0.2) is 18.2 Å². The standard InChI is InChI=1S/C20H27ClN2O/c1-3-4-5-6-7-12-18(24)23-15-20(2,13-9-14-22)19-16(21)10-8-11-17(19)23/h8,10-11H,3-7,9,12-13,15H2,1-2H3. The maximum atomic E-state index is 12.7. The van der Waals surface area contributed by atoms with Crippen LogP contribution in [0.25, 0.3) is 0 Å². The number of benzene rings is 1. The van der Waals surface area contributed by atoms with Crippen molar-refractivity contribution in [3.63, 3.8) is 0 Å². The molecule has 130 valence electrons. The van der Waals surface area contributed by atoms with Gasteiger partial charge in [-0.1, -0.05) is 57.2 Å². The molecule has 0 fully saturated rings. The van der Waals surface area contributed by atoms with E-state index in [-0.39, 0.29) is 11.3 Å². The summed E-state index contributed by atoms with van der Waals surface area (Å²) in [5.41, 5.74) is 1.73. The van der Waals surface area contributed by atoms with Crippen molar-refractivity contribution in [2.45, 2.75) is 70.6 Å². The highest BCUT2D eigenvalue weighted by Gasteiger charge is 2.42. The number of nitriles is 1. The van der Waals surface area contributed by atoms with E-state index in [4.69, 9.17) is 16.9 Å². The molecule has 2 rings (SSSR count). The summed E-state index contributed by atoms with van der Waals surface area (Å²) < 4.78 is 0. The summed E-state index contributed by atoms with van der Waals surface area (Å²) in [5, 5.41) is 9.66. The first-order valence-corrected chi connectivity index (χ1v) is 9.37. The molecule has 0 bridgehead atoms. The summed E-state index contributed by atoms with van der Waals surface area (Å²) in [7, 11) is 0. The second-order valence-electron chi connectivity index (χ2n) is 7.00. The Morgan fingerprint density at radius 3 is 2.79 bits per heavy atom. The summed E-state index contributed by atoms with van der Waals surface area (Å²) >= 11 is 6.44. The molecular formula is C20H27ClN2O. The first kappa shape index (κ1) is 18.8. The predicted octanol–water partition coefficient (Wildman–Crippen LogP) is 5.61. The van der Waals surface area contributed by atoms with Gasteiger partial charge in [0.05, 0.1) is 6.07 Å². The molecule has 1 heterocycles. The Labute approximate surface area is 150 Å². The van der Waals surface area contributed by atoms with E-state index >= 15 is 0 Å². The van der Waals surface area contributed by atoms with Gasteiger partial charge in [0.25, 0.3) is 0 Å². The van der Waals surface area contributed by atoms with E-state index in [0.29, 0.717) is 24.4 Å². The Kier molecular flexibility index (Phi) is 6.69. The van der Waals surface area contributed by atoms with Gasteiger partial charge in [-0.25, -0.2) is 0 Å². The van der Waals surface area contributed by atoms with E-state index in [0.717, 1.165) is 30.5 Å². The number of carbonyl (C=O) groups is 1. The molecule has 0 N–H and O–H groups in total. The number of halogens is 1. The zero-order valence-corrected chi connectivity index (χ0v) is 15.5. The molecule has 1 unspecified atom stereocenters. The van der Waals surface area contributed by atoms with Gasteiger partial charge in [0, 0.05) is 41.1 Å². The Bertz CT molecular complexity index is 623. The van der Waals surface area contributed by atoms with E-state index < -0.39 is 0 Å². The maximum Gasteiger partial charge on any atom is 0.227 e. The van der Waals surface area contributed by atoms with Crippen LogP contribution in [0.4, 0.5) is 5.69 Å². The summed E-state index contributed by atoms with van der Waals surface area (Å²) in [5.74, 6) is 0.177. The summed E-state index contributed by atoms with van der Waals surface area (Å²) in [4.78, 5) is 14.6. The van der Waals surface area contributed by atoms with Crippen LogP contribution >= 0.6 is 11.6 Å². The van der Waals surface area contributed by atoms with Gasteiger partial charge in [0.15, 0.2) is 0 Å². The molecule has 0 saturated carbocycles. The fourth-order valence-electron chi connectivity index (χ4n) is 3.62. The highest BCUT2D eigenvalue weighted by Crippen LogP contribution is 2.47. The second-order valence-corrected chi connectivity index (χ2v) is 7.40. The van der Waals surface area contributed by atoms with Gasteiger partial charge in [-0.3, -0.25) is 4.79 Å². The minimum atomic E-state index is -0.235. The Balaban J connectivity index is 2.11. The molecule has 1 amide bonds. The van der Waals surface area contributed by atoms with Crippen LogP contribution in [-0.4, -0.2) is 12.5 Å². The summed E-state index contributed by atoms with van der Waals surface area (Å²) in [6.07, 6.45) is 7.49. The number of nitrogens with zero attached hydrogens (tertiary/aromatic N) is 2. The summed E-state index contributed by atoms with van der Waals surface area (Å²) in [6, 6.07) is 7.98. The lowest BCUT2D eigenvalue weighted by atomic mass is 9.80. The van der Waals surface area contributed by atoms with Gasteiger partial charge >= 0.3 is 0 Å². The van der Waals surface area contributed by atoms with Crippen LogP contribution in [0, 0.1) is 11.3 Å². The van der Waals surface area contributed by atoms with Gasteiger partial charge in [-0.15, -0.1) is 0 Å². The third-order valence-corrected chi connectivity index (χ3v) is 5.29. The summed E-state index contributed by atoms with van der Waals surface area (Å²) in [6.45, 7) is 4.93. The van der Waals surface area contributed by atoms with E-state index in [1.54, 1.807) is 0 Å². The van der Waals surface area contributed by atoms with Gasteiger partial charge in [-0.2, -0.15) is 5.26 Å². The van der Waals surface area contributed by atoms with Crippen LogP contribution in [0.3, 0.4) is 0 Å². The molecule has 24 heavy (non-hydrogen) atoms.